The summed E-state index contributed by atoms with van der Waals surface area (Å²) in [5, 5.41) is 0. The van der Waals surface area contributed by atoms with E-state index in [4.69, 9.17) is 0 Å². The number of amides is 2. The van der Waals surface area contributed by atoms with Crippen LogP contribution in [0.25, 0.3) is 0 Å². The summed E-state index contributed by atoms with van der Waals surface area (Å²) in [5.74, 6) is -0.0998. The van der Waals surface area contributed by atoms with Crippen LogP contribution in [0.2, 0.25) is 0 Å². The number of anilines is 2. The number of benzene rings is 2. The molecule has 2 aliphatic rings. The van der Waals surface area contributed by atoms with Gasteiger partial charge in [0, 0.05) is 56.6 Å². The lowest BCUT2D eigenvalue weighted by molar-refractivity contribution is -0.137. The van der Waals surface area contributed by atoms with Crippen molar-refractivity contribution in [1.29, 1.82) is 0 Å². The van der Waals surface area contributed by atoms with Gasteiger partial charge in [-0.25, -0.2) is 0 Å². The molecule has 0 bridgehead atoms. The van der Waals surface area contributed by atoms with E-state index in [-0.39, 0.29) is 11.8 Å². The van der Waals surface area contributed by atoms with E-state index < -0.39 is 11.7 Å². The van der Waals surface area contributed by atoms with Gasteiger partial charge in [0.15, 0.2) is 0 Å². The molecule has 0 aromatic heterocycles. The van der Waals surface area contributed by atoms with Crippen molar-refractivity contribution >= 4 is 23.2 Å². The number of carbonyl (C=O) groups is 2. The molecule has 31 heavy (non-hydrogen) atoms. The van der Waals surface area contributed by atoms with Crippen molar-refractivity contribution in [2.45, 2.75) is 25.9 Å². The molecule has 2 aromatic carbocycles. The molecule has 1 saturated heterocycles. The highest BCUT2D eigenvalue weighted by atomic mass is 19.4. The number of piperazine rings is 1. The zero-order valence-electron chi connectivity index (χ0n) is 17.3. The first-order chi connectivity index (χ1) is 14.7. The van der Waals surface area contributed by atoms with E-state index >= 15 is 0 Å². The molecule has 0 saturated carbocycles. The minimum absolute atomic E-state index is 0.00857. The lowest BCUT2D eigenvalue weighted by Gasteiger charge is -2.36. The Morgan fingerprint density at radius 2 is 1.68 bits per heavy atom. The molecule has 4 rings (SSSR count). The summed E-state index contributed by atoms with van der Waals surface area (Å²) >= 11 is 0. The number of aryl methyl sites for hydroxylation is 1. The standard InChI is InChI=1S/C23H24F3N3O2/c1-16(30)29-9-3-4-17-14-18(7-8-21(17)29)22(31)28-12-10-27(11-13-28)20-6-2-5-19(15-20)23(24,25)26/h2,5-8,14-15H,3-4,9-13H2,1H3. The molecule has 5 nitrogen and oxygen atoms in total. The Labute approximate surface area is 179 Å². The van der Waals surface area contributed by atoms with Crippen molar-refractivity contribution in [1.82, 2.24) is 4.90 Å². The second-order valence-corrected chi connectivity index (χ2v) is 7.95. The van der Waals surface area contributed by atoms with Crippen LogP contribution in [0.15, 0.2) is 42.5 Å². The number of alkyl halides is 3. The van der Waals surface area contributed by atoms with Crippen molar-refractivity contribution in [3.8, 4) is 0 Å². The van der Waals surface area contributed by atoms with Crippen LogP contribution >= 0.6 is 0 Å². The second kappa shape index (κ2) is 8.24. The van der Waals surface area contributed by atoms with Crippen LogP contribution in [0.5, 0.6) is 0 Å². The van der Waals surface area contributed by atoms with Crippen LogP contribution in [0, 0.1) is 0 Å². The van der Waals surface area contributed by atoms with Gasteiger partial charge in [-0.15, -0.1) is 0 Å². The van der Waals surface area contributed by atoms with Crippen LogP contribution < -0.4 is 9.80 Å². The normalized spacial score (nSPS) is 16.8. The number of hydrogen-bond donors (Lipinski definition) is 0. The van der Waals surface area contributed by atoms with Crippen LogP contribution in [0.3, 0.4) is 0 Å². The number of halogens is 3. The molecule has 0 aliphatic carbocycles. The van der Waals surface area contributed by atoms with E-state index in [1.54, 1.807) is 21.9 Å². The predicted octanol–water partition coefficient (Wildman–Crippen LogP) is 3.97. The fourth-order valence-corrected chi connectivity index (χ4v) is 4.29. The Morgan fingerprint density at radius 3 is 2.35 bits per heavy atom. The lowest BCUT2D eigenvalue weighted by Crippen LogP contribution is -2.48. The molecule has 1 fully saturated rings. The van der Waals surface area contributed by atoms with E-state index in [2.05, 4.69) is 0 Å². The average molecular weight is 431 g/mol. The predicted molar refractivity (Wildman–Crippen MR) is 112 cm³/mol. The summed E-state index contributed by atoms with van der Waals surface area (Å²) in [7, 11) is 0. The lowest BCUT2D eigenvalue weighted by atomic mass is 9.98. The molecule has 2 aromatic rings. The molecular formula is C23H24F3N3O2. The maximum absolute atomic E-state index is 13.0. The van der Waals surface area contributed by atoms with Crippen LogP contribution in [0.4, 0.5) is 24.5 Å². The van der Waals surface area contributed by atoms with Crippen molar-refractivity contribution in [2.75, 3.05) is 42.5 Å². The summed E-state index contributed by atoms with van der Waals surface area (Å²) in [4.78, 5) is 30.2. The van der Waals surface area contributed by atoms with Gasteiger partial charge in [0.1, 0.15) is 0 Å². The summed E-state index contributed by atoms with van der Waals surface area (Å²) in [5.41, 5.74) is 2.29. The number of fused-ring (bicyclic) bond motifs is 1. The molecule has 8 heteroatoms. The molecular weight excluding hydrogens is 407 g/mol. The van der Waals surface area contributed by atoms with Crippen molar-refractivity contribution < 1.29 is 22.8 Å². The fourth-order valence-electron chi connectivity index (χ4n) is 4.29. The van der Waals surface area contributed by atoms with Gasteiger partial charge in [-0.2, -0.15) is 13.2 Å². The van der Waals surface area contributed by atoms with E-state index in [9.17, 15) is 22.8 Å². The van der Waals surface area contributed by atoms with Gasteiger partial charge in [-0.3, -0.25) is 9.59 Å². The number of rotatable bonds is 2. The van der Waals surface area contributed by atoms with Gasteiger partial charge in [0.05, 0.1) is 5.56 Å². The SMILES string of the molecule is CC(=O)N1CCCc2cc(C(=O)N3CCN(c4cccc(C(F)(F)F)c4)CC3)ccc21. The van der Waals surface area contributed by atoms with Gasteiger partial charge in [-0.05, 0) is 54.8 Å². The number of nitrogens with zero attached hydrogens (tertiary/aromatic N) is 3. The Hall–Kier alpha value is -3.03. The monoisotopic (exact) mass is 431 g/mol. The second-order valence-electron chi connectivity index (χ2n) is 7.95. The minimum atomic E-state index is -4.38. The maximum atomic E-state index is 13.0. The average Bonchev–Trinajstić information content (AvgIpc) is 2.77. The maximum Gasteiger partial charge on any atom is 0.416 e. The highest BCUT2D eigenvalue weighted by Crippen LogP contribution is 2.32. The molecule has 2 aliphatic heterocycles. The van der Waals surface area contributed by atoms with Crippen LogP contribution in [0.1, 0.15) is 34.8 Å². The molecule has 0 spiro atoms. The molecule has 2 amide bonds. The minimum Gasteiger partial charge on any atom is -0.368 e. The third kappa shape index (κ3) is 4.38. The molecule has 0 radical (unpaired) electrons. The molecule has 2 heterocycles. The van der Waals surface area contributed by atoms with Crippen molar-refractivity contribution in [3.63, 3.8) is 0 Å². The fraction of sp³-hybridized carbons (Fsp3) is 0.391. The summed E-state index contributed by atoms with van der Waals surface area (Å²) in [6.45, 7) is 4.04. The van der Waals surface area contributed by atoms with Gasteiger partial charge in [-0.1, -0.05) is 6.07 Å². The number of hydrogen-bond acceptors (Lipinski definition) is 3. The summed E-state index contributed by atoms with van der Waals surface area (Å²) in [6, 6.07) is 10.7. The Balaban J connectivity index is 1.44. The highest BCUT2D eigenvalue weighted by Gasteiger charge is 2.31. The first-order valence-electron chi connectivity index (χ1n) is 10.4. The van der Waals surface area contributed by atoms with Crippen molar-refractivity contribution in [3.05, 3.63) is 59.2 Å². The molecule has 0 atom stereocenters. The van der Waals surface area contributed by atoms with Crippen LogP contribution in [-0.4, -0.2) is 49.4 Å². The third-order valence-corrected chi connectivity index (χ3v) is 5.93. The summed E-state index contributed by atoms with van der Waals surface area (Å²) in [6.07, 6.45) is -2.69. The van der Waals surface area contributed by atoms with Gasteiger partial charge in [0.2, 0.25) is 5.91 Å². The first kappa shape index (κ1) is 21.2. The Morgan fingerprint density at radius 1 is 0.935 bits per heavy atom. The molecule has 0 unspecified atom stereocenters. The zero-order valence-corrected chi connectivity index (χ0v) is 17.3. The Bertz CT molecular complexity index is 998. The van der Waals surface area contributed by atoms with E-state index in [0.717, 1.165) is 36.2 Å². The third-order valence-electron chi connectivity index (χ3n) is 5.93. The topological polar surface area (TPSA) is 43.9 Å². The van der Waals surface area contributed by atoms with E-state index in [1.807, 2.05) is 17.0 Å². The Kier molecular flexibility index (Phi) is 5.64. The van der Waals surface area contributed by atoms with E-state index in [0.29, 0.717) is 44.0 Å². The molecule has 0 N–H and O–H groups in total. The summed E-state index contributed by atoms with van der Waals surface area (Å²) < 4.78 is 39.0. The van der Waals surface area contributed by atoms with Gasteiger partial charge in [0.25, 0.3) is 5.91 Å². The van der Waals surface area contributed by atoms with Gasteiger partial charge < -0.3 is 14.7 Å². The van der Waals surface area contributed by atoms with Crippen molar-refractivity contribution in [2.24, 2.45) is 0 Å². The smallest absolute Gasteiger partial charge is 0.368 e. The first-order valence-corrected chi connectivity index (χ1v) is 10.4. The quantitative estimate of drug-likeness (QED) is 0.723. The van der Waals surface area contributed by atoms with Crippen LogP contribution in [-0.2, 0) is 17.4 Å². The zero-order chi connectivity index (χ0) is 22.2. The van der Waals surface area contributed by atoms with Gasteiger partial charge >= 0.3 is 6.18 Å². The highest BCUT2D eigenvalue weighted by molar-refractivity contribution is 5.97. The molecule has 164 valence electrons. The van der Waals surface area contributed by atoms with E-state index in [1.165, 1.54) is 13.0 Å². The number of carbonyl (C=O) groups excluding carboxylic acids is 2. The largest absolute Gasteiger partial charge is 0.416 e.